The van der Waals surface area contributed by atoms with E-state index in [2.05, 4.69) is 9.97 Å². The number of aromatic nitrogens is 2. The van der Waals surface area contributed by atoms with Gasteiger partial charge in [-0.05, 0) is 24.3 Å². The van der Waals surface area contributed by atoms with Crippen LogP contribution in [0, 0.1) is 0 Å². The van der Waals surface area contributed by atoms with Crippen LogP contribution in [0.2, 0.25) is 0 Å². The summed E-state index contributed by atoms with van der Waals surface area (Å²) >= 11 is 1.42. The van der Waals surface area contributed by atoms with E-state index in [4.69, 9.17) is 0 Å². The molecule has 0 spiro atoms. The summed E-state index contributed by atoms with van der Waals surface area (Å²) in [6.07, 6.45) is 1.51. The maximum Gasteiger partial charge on any atom is 0.299 e. The lowest BCUT2D eigenvalue weighted by Crippen LogP contribution is -2.44. The Bertz CT molecular complexity index is 853. The van der Waals surface area contributed by atoms with E-state index in [9.17, 15) is 9.59 Å². The first-order chi connectivity index (χ1) is 10.7. The van der Waals surface area contributed by atoms with Crippen LogP contribution >= 0.6 is 11.3 Å². The van der Waals surface area contributed by atoms with Crippen LogP contribution in [0.5, 0.6) is 0 Å². The molecule has 0 bridgehead atoms. The van der Waals surface area contributed by atoms with Crippen LogP contribution in [0.1, 0.15) is 20.8 Å². The van der Waals surface area contributed by atoms with Gasteiger partial charge in [-0.1, -0.05) is 23.5 Å². The van der Waals surface area contributed by atoms with E-state index in [1.54, 1.807) is 19.2 Å². The molecule has 0 saturated heterocycles. The molecule has 3 heterocycles. The number of rotatable bonds is 2. The van der Waals surface area contributed by atoms with Crippen molar-refractivity contribution in [3.05, 3.63) is 53.9 Å². The van der Waals surface area contributed by atoms with Gasteiger partial charge in [0.05, 0.1) is 15.8 Å². The summed E-state index contributed by atoms with van der Waals surface area (Å²) in [5.41, 5.74) is 1.34. The molecule has 0 N–H and O–H groups in total. The molecule has 108 valence electrons. The number of fused-ring (bicyclic) bond motifs is 2. The monoisotopic (exact) mass is 310 g/mol. The van der Waals surface area contributed by atoms with Gasteiger partial charge in [0.2, 0.25) is 5.13 Å². The largest absolute Gasteiger partial charge is 0.299 e. The number of hydrogen-bond donors (Lipinski definition) is 0. The number of hydrazine groups is 1. The van der Waals surface area contributed by atoms with Crippen LogP contribution in [0.4, 0.5) is 5.13 Å². The predicted octanol–water partition coefficient (Wildman–Crippen LogP) is 2.34. The molecule has 1 aliphatic rings. The second-order valence-electron chi connectivity index (χ2n) is 4.81. The topological polar surface area (TPSA) is 66.4 Å². The Balaban J connectivity index is 1.76. The molecule has 0 fully saturated rings. The Hall–Kier alpha value is -2.80. The van der Waals surface area contributed by atoms with Crippen molar-refractivity contribution >= 4 is 38.5 Å². The number of nitrogens with zero attached hydrogens (tertiary/aromatic N) is 4. The SMILES string of the molecule is CN(c1nc2ccccc2s1)N1C(=O)c2cccnc2C1=O. The van der Waals surface area contributed by atoms with Crippen LogP contribution in [-0.4, -0.2) is 33.8 Å². The lowest BCUT2D eigenvalue weighted by atomic mass is 10.2. The zero-order valence-corrected chi connectivity index (χ0v) is 12.4. The zero-order chi connectivity index (χ0) is 15.3. The van der Waals surface area contributed by atoms with Gasteiger partial charge >= 0.3 is 0 Å². The molecule has 0 saturated carbocycles. The first-order valence-electron chi connectivity index (χ1n) is 6.60. The minimum absolute atomic E-state index is 0.181. The Morgan fingerprint density at radius 3 is 2.68 bits per heavy atom. The van der Waals surface area contributed by atoms with Crippen LogP contribution in [0.25, 0.3) is 10.2 Å². The molecule has 6 nitrogen and oxygen atoms in total. The highest BCUT2D eigenvalue weighted by Gasteiger charge is 2.40. The molecule has 7 heteroatoms. The van der Waals surface area contributed by atoms with E-state index in [1.807, 2.05) is 24.3 Å². The smallest absolute Gasteiger partial charge is 0.267 e. The summed E-state index contributed by atoms with van der Waals surface area (Å²) in [5, 5.41) is 3.14. The number of amides is 2. The van der Waals surface area contributed by atoms with Gasteiger partial charge in [-0.3, -0.25) is 19.6 Å². The number of hydrogen-bond acceptors (Lipinski definition) is 6. The molecule has 22 heavy (non-hydrogen) atoms. The highest BCUT2D eigenvalue weighted by Crippen LogP contribution is 2.31. The number of anilines is 1. The van der Waals surface area contributed by atoms with Crippen molar-refractivity contribution in [2.24, 2.45) is 0 Å². The van der Waals surface area contributed by atoms with Crippen molar-refractivity contribution in [1.82, 2.24) is 15.0 Å². The number of benzene rings is 1. The number of para-hydroxylation sites is 1. The van der Waals surface area contributed by atoms with Crippen LogP contribution in [0.3, 0.4) is 0 Å². The Morgan fingerprint density at radius 1 is 1.09 bits per heavy atom. The Kier molecular flexibility index (Phi) is 2.70. The standard InChI is InChI=1S/C15H10N4O2S/c1-18(15-17-10-6-2-3-7-11(10)22-15)19-13(20)9-5-4-8-16-12(9)14(19)21/h2-8H,1H3. The Labute approximate surface area is 129 Å². The van der Waals surface area contributed by atoms with E-state index in [0.29, 0.717) is 10.7 Å². The van der Waals surface area contributed by atoms with Gasteiger partial charge in [0, 0.05) is 13.2 Å². The third-order valence-electron chi connectivity index (χ3n) is 3.48. The highest BCUT2D eigenvalue weighted by molar-refractivity contribution is 7.22. The van der Waals surface area contributed by atoms with Crippen LogP contribution < -0.4 is 5.01 Å². The summed E-state index contributed by atoms with van der Waals surface area (Å²) in [4.78, 5) is 33.3. The number of imide groups is 1. The average molecular weight is 310 g/mol. The molecule has 0 atom stereocenters. The summed E-state index contributed by atoms with van der Waals surface area (Å²) < 4.78 is 0.999. The predicted molar refractivity (Wildman–Crippen MR) is 82.8 cm³/mol. The quantitative estimate of drug-likeness (QED) is 0.680. The number of carbonyl (C=O) groups excluding carboxylic acids is 2. The van der Waals surface area contributed by atoms with E-state index >= 15 is 0 Å². The molecule has 4 rings (SSSR count). The minimum Gasteiger partial charge on any atom is -0.267 e. The van der Waals surface area contributed by atoms with Crippen molar-refractivity contribution in [3.8, 4) is 0 Å². The molecule has 1 aromatic carbocycles. The van der Waals surface area contributed by atoms with Gasteiger partial charge in [-0.2, -0.15) is 5.01 Å². The normalized spacial score (nSPS) is 13.8. The fourth-order valence-corrected chi connectivity index (χ4v) is 3.33. The minimum atomic E-state index is -0.428. The van der Waals surface area contributed by atoms with Gasteiger partial charge in [0.1, 0.15) is 5.69 Å². The van der Waals surface area contributed by atoms with Crippen LogP contribution in [0.15, 0.2) is 42.6 Å². The number of pyridine rings is 1. The molecule has 1 aliphatic heterocycles. The van der Waals surface area contributed by atoms with E-state index in [-0.39, 0.29) is 11.6 Å². The summed E-state index contributed by atoms with van der Waals surface area (Å²) in [5.74, 6) is -0.808. The maximum atomic E-state index is 12.4. The van der Waals surface area contributed by atoms with Gasteiger partial charge in [-0.15, -0.1) is 0 Å². The molecule has 0 unspecified atom stereocenters. The van der Waals surface area contributed by atoms with Gasteiger partial charge in [-0.25, -0.2) is 4.98 Å². The van der Waals surface area contributed by atoms with Gasteiger partial charge in [0.25, 0.3) is 11.8 Å². The average Bonchev–Trinajstić information content (AvgIpc) is 3.08. The number of carbonyl (C=O) groups is 2. The van der Waals surface area contributed by atoms with Gasteiger partial charge < -0.3 is 0 Å². The maximum absolute atomic E-state index is 12.4. The second-order valence-corrected chi connectivity index (χ2v) is 5.82. The van der Waals surface area contributed by atoms with E-state index in [1.165, 1.54) is 22.5 Å². The molecule has 2 amide bonds. The van der Waals surface area contributed by atoms with Crippen molar-refractivity contribution in [2.75, 3.05) is 12.1 Å². The Morgan fingerprint density at radius 2 is 1.91 bits per heavy atom. The highest BCUT2D eigenvalue weighted by atomic mass is 32.1. The molecular weight excluding hydrogens is 300 g/mol. The van der Waals surface area contributed by atoms with Crippen molar-refractivity contribution in [2.45, 2.75) is 0 Å². The zero-order valence-electron chi connectivity index (χ0n) is 11.6. The summed E-state index contributed by atoms with van der Waals surface area (Å²) in [6.45, 7) is 0. The third-order valence-corrected chi connectivity index (χ3v) is 4.59. The lowest BCUT2D eigenvalue weighted by molar-refractivity contribution is 0.0642. The molecule has 0 radical (unpaired) electrons. The fraction of sp³-hybridized carbons (Fsp3) is 0.0667. The third kappa shape index (κ3) is 1.72. The van der Waals surface area contributed by atoms with E-state index < -0.39 is 5.91 Å². The summed E-state index contributed by atoms with van der Waals surface area (Å²) in [6, 6.07) is 10.9. The van der Waals surface area contributed by atoms with E-state index in [0.717, 1.165) is 15.2 Å². The number of thiazole rings is 1. The molecular formula is C15H10N4O2S. The molecule has 0 aliphatic carbocycles. The van der Waals surface area contributed by atoms with Crippen LogP contribution in [-0.2, 0) is 0 Å². The van der Waals surface area contributed by atoms with Gasteiger partial charge in [0.15, 0.2) is 0 Å². The lowest BCUT2D eigenvalue weighted by Gasteiger charge is -2.24. The van der Waals surface area contributed by atoms with Crippen molar-refractivity contribution < 1.29 is 9.59 Å². The molecule has 3 aromatic rings. The van der Waals surface area contributed by atoms with Crippen molar-refractivity contribution in [3.63, 3.8) is 0 Å². The first-order valence-corrected chi connectivity index (χ1v) is 7.41. The molecule has 2 aromatic heterocycles. The summed E-state index contributed by atoms with van der Waals surface area (Å²) in [7, 11) is 1.65. The fourth-order valence-electron chi connectivity index (χ4n) is 2.41. The van der Waals surface area contributed by atoms with Crippen molar-refractivity contribution in [1.29, 1.82) is 0 Å². The second kappa shape index (κ2) is 4.60. The first kappa shape index (κ1) is 12.9.